The summed E-state index contributed by atoms with van der Waals surface area (Å²) in [5.41, 5.74) is 1.78. The molecule has 4 nitrogen and oxygen atoms in total. The van der Waals surface area contributed by atoms with Gasteiger partial charge in [-0.3, -0.25) is 9.78 Å². The van der Waals surface area contributed by atoms with E-state index in [1.54, 1.807) is 6.07 Å². The molecule has 3 aromatic rings. The lowest BCUT2D eigenvalue weighted by Crippen LogP contribution is -2.57. The van der Waals surface area contributed by atoms with Crippen LogP contribution in [0.1, 0.15) is 36.7 Å². The van der Waals surface area contributed by atoms with Crippen molar-refractivity contribution >= 4 is 16.8 Å². The first-order chi connectivity index (χ1) is 15.1. The lowest BCUT2D eigenvalue weighted by atomic mass is 9.91. The first-order valence-electron chi connectivity index (χ1n) is 10.7. The molecule has 2 heterocycles. The first-order valence-corrected chi connectivity index (χ1v) is 10.7. The van der Waals surface area contributed by atoms with Crippen LogP contribution < -0.4 is 5.32 Å². The number of fused-ring (bicyclic) bond motifs is 1. The summed E-state index contributed by atoms with van der Waals surface area (Å²) < 4.78 is 38.6. The van der Waals surface area contributed by atoms with Crippen LogP contribution in [0.2, 0.25) is 0 Å². The van der Waals surface area contributed by atoms with Crippen molar-refractivity contribution in [3.8, 4) is 11.1 Å². The van der Waals surface area contributed by atoms with Crippen molar-refractivity contribution in [1.29, 1.82) is 0 Å². The van der Waals surface area contributed by atoms with Crippen molar-refractivity contribution < 1.29 is 18.0 Å². The van der Waals surface area contributed by atoms with Crippen molar-refractivity contribution in [3.63, 3.8) is 0 Å². The molecule has 1 aliphatic rings. The number of nitrogens with zero attached hydrogens (tertiary/aromatic N) is 2. The standard InChI is InChI=1S/C25H26F3N3O/c1-15(2)31-13-20(14-31)16(3)30-24(32)19-11-18-5-4-6-22(23(18)29-12-19)17-7-9-21(10-8-17)25(26,27)28/h4-12,15-16,20H,13-14H2,1-3H3,(H,30,32)/t16-/m0/s1. The van der Waals surface area contributed by atoms with Crippen molar-refractivity contribution in [2.24, 2.45) is 5.92 Å². The maximum atomic E-state index is 12.9. The van der Waals surface area contributed by atoms with Gasteiger partial charge in [0.05, 0.1) is 16.6 Å². The van der Waals surface area contributed by atoms with E-state index < -0.39 is 11.7 Å². The Labute approximate surface area is 185 Å². The van der Waals surface area contributed by atoms with Gasteiger partial charge in [0.25, 0.3) is 5.91 Å². The van der Waals surface area contributed by atoms with Gasteiger partial charge < -0.3 is 10.2 Å². The van der Waals surface area contributed by atoms with Crippen LogP contribution in [0.15, 0.2) is 54.7 Å². The van der Waals surface area contributed by atoms with Gasteiger partial charge in [-0.25, -0.2) is 0 Å². The zero-order valence-corrected chi connectivity index (χ0v) is 18.3. The van der Waals surface area contributed by atoms with E-state index >= 15 is 0 Å². The summed E-state index contributed by atoms with van der Waals surface area (Å²) in [5, 5.41) is 3.84. The summed E-state index contributed by atoms with van der Waals surface area (Å²) >= 11 is 0. The van der Waals surface area contributed by atoms with Gasteiger partial charge in [0, 0.05) is 48.2 Å². The molecule has 32 heavy (non-hydrogen) atoms. The second kappa shape index (κ2) is 8.54. The largest absolute Gasteiger partial charge is 0.416 e. The summed E-state index contributed by atoms with van der Waals surface area (Å²) in [4.78, 5) is 19.6. The van der Waals surface area contributed by atoms with Crippen LogP contribution in [0.4, 0.5) is 13.2 Å². The number of para-hydroxylation sites is 1. The van der Waals surface area contributed by atoms with E-state index in [1.165, 1.54) is 18.3 Å². The van der Waals surface area contributed by atoms with Crippen LogP contribution in [0.25, 0.3) is 22.0 Å². The summed E-state index contributed by atoms with van der Waals surface area (Å²) in [7, 11) is 0. The molecule has 1 amide bonds. The van der Waals surface area contributed by atoms with Crippen molar-refractivity contribution in [2.75, 3.05) is 13.1 Å². The molecule has 7 heteroatoms. The Kier molecular flexibility index (Phi) is 5.95. The number of hydrogen-bond acceptors (Lipinski definition) is 3. The Morgan fingerprint density at radius 2 is 1.78 bits per heavy atom. The lowest BCUT2D eigenvalue weighted by molar-refractivity contribution is -0.137. The van der Waals surface area contributed by atoms with E-state index in [1.807, 2.05) is 25.1 Å². The Morgan fingerprint density at radius 1 is 1.09 bits per heavy atom. The van der Waals surface area contributed by atoms with Gasteiger partial charge in [0.2, 0.25) is 0 Å². The number of amides is 1. The van der Waals surface area contributed by atoms with E-state index in [0.717, 1.165) is 36.2 Å². The SMILES string of the molecule is CC(C)N1CC([C@H](C)NC(=O)c2cnc3c(-c4ccc(C(F)(F)F)cc4)cccc3c2)C1. The van der Waals surface area contributed by atoms with Crippen molar-refractivity contribution in [3.05, 3.63) is 65.9 Å². The van der Waals surface area contributed by atoms with Crippen molar-refractivity contribution in [2.45, 2.75) is 39.0 Å². The zero-order valence-electron chi connectivity index (χ0n) is 18.3. The molecule has 0 aliphatic carbocycles. The molecular weight excluding hydrogens is 415 g/mol. The fourth-order valence-electron chi connectivity index (χ4n) is 4.05. The van der Waals surface area contributed by atoms with E-state index in [-0.39, 0.29) is 11.9 Å². The molecule has 0 bridgehead atoms. The molecule has 0 radical (unpaired) electrons. The number of alkyl halides is 3. The summed E-state index contributed by atoms with van der Waals surface area (Å²) in [5.74, 6) is 0.260. The van der Waals surface area contributed by atoms with E-state index in [0.29, 0.717) is 28.6 Å². The van der Waals surface area contributed by atoms with Crippen LogP contribution in [0.3, 0.4) is 0 Å². The summed E-state index contributed by atoms with van der Waals surface area (Å²) in [6, 6.07) is 12.9. The highest BCUT2D eigenvalue weighted by molar-refractivity contribution is 6.00. The normalized spacial score (nSPS) is 16.2. The number of aromatic nitrogens is 1. The predicted octanol–water partition coefficient (Wildman–Crippen LogP) is 5.38. The quantitative estimate of drug-likeness (QED) is 0.578. The minimum atomic E-state index is -4.37. The predicted molar refractivity (Wildman–Crippen MR) is 119 cm³/mol. The van der Waals surface area contributed by atoms with Crippen molar-refractivity contribution in [1.82, 2.24) is 15.2 Å². The minimum absolute atomic E-state index is 0.0617. The lowest BCUT2D eigenvalue weighted by Gasteiger charge is -2.45. The van der Waals surface area contributed by atoms with Crippen LogP contribution in [0.5, 0.6) is 0 Å². The number of hydrogen-bond donors (Lipinski definition) is 1. The van der Waals surface area contributed by atoms with Gasteiger partial charge in [0.15, 0.2) is 0 Å². The molecule has 1 fully saturated rings. The number of likely N-dealkylation sites (tertiary alicyclic amines) is 1. The summed E-state index contributed by atoms with van der Waals surface area (Å²) in [6.45, 7) is 8.31. The molecule has 0 saturated carbocycles. The van der Waals surface area contributed by atoms with Gasteiger partial charge in [0.1, 0.15) is 0 Å². The van der Waals surface area contributed by atoms with Gasteiger partial charge in [-0.1, -0.05) is 30.3 Å². The third-order valence-electron chi connectivity index (χ3n) is 6.23. The molecule has 4 rings (SSSR count). The fraction of sp³-hybridized carbons (Fsp3) is 0.360. The fourth-order valence-corrected chi connectivity index (χ4v) is 4.05. The molecule has 0 spiro atoms. The number of pyridine rings is 1. The number of rotatable bonds is 5. The highest BCUT2D eigenvalue weighted by Crippen LogP contribution is 2.33. The first kappa shape index (κ1) is 22.3. The monoisotopic (exact) mass is 441 g/mol. The average molecular weight is 441 g/mol. The van der Waals surface area contributed by atoms with Gasteiger partial charge in [-0.2, -0.15) is 13.2 Å². The Hall–Kier alpha value is -2.93. The smallest absolute Gasteiger partial charge is 0.349 e. The van der Waals surface area contributed by atoms with Gasteiger partial charge >= 0.3 is 6.18 Å². The number of benzene rings is 2. The Bertz CT molecular complexity index is 1120. The maximum absolute atomic E-state index is 12.9. The minimum Gasteiger partial charge on any atom is -0.349 e. The molecule has 1 saturated heterocycles. The molecule has 1 N–H and O–H groups in total. The highest BCUT2D eigenvalue weighted by Gasteiger charge is 2.33. The van der Waals surface area contributed by atoms with E-state index in [4.69, 9.17) is 0 Å². The topological polar surface area (TPSA) is 45.2 Å². The molecule has 2 aromatic carbocycles. The third-order valence-corrected chi connectivity index (χ3v) is 6.23. The van der Waals surface area contributed by atoms with E-state index in [2.05, 4.69) is 29.0 Å². The second-order valence-electron chi connectivity index (χ2n) is 8.75. The van der Waals surface area contributed by atoms with E-state index in [9.17, 15) is 18.0 Å². The molecule has 1 aliphatic heterocycles. The summed E-state index contributed by atoms with van der Waals surface area (Å²) in [6.07, 6.45) is -2.85. The Balaban J connectivity index is 1.52. The number of carbonyl (C=O) groups is 1. The highest BCUT2D eigenvalue weighted by atomic mass is 19.4. The van der Waals surface area contributed by atoms with Crippen LogP contribution in [0, 0.1) is 5.92 Å². The molecular formula is C25H26F3N3O. The molecule has 1 aromatic heterocycles. The van der Waals surface area contributed by atoms with Gasteiger partial charge in [-0.15, -0.1) is 0 Å². The van der Waals surface area contributed by atoms with Crippen LogP contribution >= 0.6 is 0 Å². The number of halogens is 3. The maximum Gasteiger partial charge on any atom is 0.416 e. The number of carbonyl (C=O) groups excluding carboxylic acids is 1. The third kappa shape index (κ3) is 4.48. The van der Waals surface area contributed by atoms with Crippen LogP contribution in [-0.4, -0.2) is 41.0 Å². The molecule has 0 unspecified atom stereocenters. The molecule has 168 valence electrons. The second-order valence-corrected chi connectivity index (χ2v) is 8.75. The number of nitrogens with one attached hydrogen (secondary N) is 1. The van der Waals surface area contributed by atoms with Gasteiger partial charge in [-0.05, 0) is 44.5 Å². The Morgan fingerprint density at radius 3 is 2.41 bits per heavy atom. The molecule has 1 atom stereocenters. The zero-order chi connectivity index (χ0) is 23.0. The average Bonchev–Trinajstić information content (AvgIpc) is 2.71. The van der Waals surface area contributed by atoms with Crippen LogP contribution in [-0.2, 0) is 6.18 Å².